The molecule has 1 heterocycles. The maximum atomic E-state index is 12.2. The average molecular weight is 360 g/mol. The highest BCUT2D eigenvalue weighted by atomic mass is 79.9. The number of halogens is 1. The lowest BCUT2D eigenvalue weighted by Crippen LogP contribution is -2.15. The summed E-state index contributed by atoms with van der Waals surface area (Å²) in [5.41, 5.74) is 3.39. The standard InChI is InChI=1S/C18H18BrNO2/c1-3-22-18(21)17-16(13-6-4-12(2)5-7-13)20(17)15-10-8-14(19)9-11-15/h4-11,16-17H,3H2,1-2H3/t16-,17-,20?/m1/s1. The van der Waals surface area contributed by atoms with Crippen LogP contribution in [0.4, 0.5) is 5.69 Å². The molecule has 0 amide bonds. The molecule has 2 aromatic rings. The van der Waals surface area contributed by atoms with Crippen LogP contribution < -0.4 is 4.90 Å². The van der Waals surface area contributed by atoms with E-state index in [-0.39, 0.29) is 18.1 Å². The van der Waals surface area contributed by atoms with Gasteiger partial charge in [0.2, 0.25) is 0 Å². The van der Waals surface area contributed by atoms with Crippen molar-refractivity contribution in [2.75, 3.05) is 11.5 Å². The van der Waals surface area contributed by atoms with Gasteiger partial charge in [0.15, 0.2) is 6.04 Å². The second-order valence-electron chi connectivity index (χ2n) is 5.44. The summed E-state index contributed by atoms with van der Waals surface area (Å²) in [6.45, 7) is 4.31. The van der Waals surface area contributed by atoms with Crippen molar-refractivity contribution >= 4 is 27.6 Å². The third-order valence-electron chi connectivity index (χ3n) is 3.88. The lowest BCUT2D eigenvalue weighted by atomic mass is 10.1. The molecular formula is C18H18BrNO2. The van der Waals surface area contributed by atoms with Crippen LogP contribution in [0.5, 0.6) is 0 Å². The highest BCUT2D eigenvalue weighted by Crippen LogP contribution is 2.47. The quantitative estimate of drug-likeness (QED) is 0.603. The molecule has 1 aliphatic rings. The second-order valence-corrected chi connectivity index (χ2v) is 6.35. The first kappa shape index (κ1) is 15.1. The Morgan fingerprint density at radius 1 is 1.14 bits per heavy atom. The van der Waals surface area contributed by atoms with Gasteiger partial charge in [-0.3, -0.25) is 0 Å². The molecule has 4 heteroatoms. The molecule has 1 aliphatic heterocycles. The molecule has 0 radical (unpaired) electrons. The summed E-state index contributed by atoms with van der Waals surface area (Å²) in [4.78, 5) is 14.3. The van der Waals surface area contributed by atoms with Crippen molar-refractivity contribution in [3.63, 3.8) is 0 Å². The van der Waals surface area contributed by atoms with E-state index < -0.39 is 0 Å². The largest absolute Gasteiger partial charge is 0.464 e. The van der Waals surface area contributed by atoms with E-state index in [4.69, 9.17) is 4.74 Å². The van der Waals surface area contributed by atoms with Crippen LogP contribution in [0.1, 0.15) is 24.1 Å². The van der Waals surface area contributed by atoms with Crippen LogP contribution in [0, 0.1) is 6.92 Å². The van der Waals surface area contributed by atoms with E-state index in [1.165, 1.54) is 5.56 Å². The first-order chi connectivity index (χ1) is 10.6. The zero-order valence-corrected chi connectivity index (χ0v) is 14.2. The van der Waals surface area contributed by atoms with Crippen LogP contribution in [-0.2, 0) is 9.53 Å². The van der Waals surface area contributed by atoms with Crippen molar-refractivity contribution in [1.29, 1.82) is 0 Å². The first-order valence-corrected chi connectivity index (χ1v) is 8.18. The molecule has 1 fully saturated rings. The van der Waals surface area contributed by atoms with Gasteiger partial charge in [0, 0.05) is 10.2 Å². The van der Waals surface area contributed by atoms with E-state index in [9.17, 15) is 4.79 Å². The number of hydrogen-bond donors (Lipinski definition) is 0. The number of rotatable bonds is 4. The Morgan fingerprint density at radius 3 is 2.36 bits per heavy atom. The molecule has 0 N–H and O–H groups in total. The average Bonchev–Trinajstić information content (AvgIpc) is 3.24. The highest BCUT2D eigenvalue weighted by Gasteiger charge is 2.54. The molecule has 3 nitrogen and oxygen atoms in total. The number of benzene rings is 2. The van der Waals surface area contributed by atoms with Gasteiger partial charge < -0.3 is 9.64 Å². The summed E-state index contributed by atoms with van der Waals surface area (Å²) in [6, 6.07) is 16.2. The van der Waals surface area contributed by atoms with E-state index in [0.717, 1.165) is 15.7 Å². The smallest absolute Gasteiger partial charge is 0.331 e. The summed E-state index contributed by atoms with van der Waals surface area (Å²) in [6.07, 6.45) is 0. The van der Waals surface area contributed by atoms with Crippen LogP contribution in [-0.4, -0.2) is 18.6 Å². The van der Waals surface area contributed by atoms with Gasteiger partial charge in [-0.05, 0) is 43.7 Å². The molecule has 1 saturated heterocycles. The number of aryl methyl sites for hydroxylation is 1. The van der Waals surface area contributed by atoms with E-state index >= 15 is 0 Å². The minimum absolute atomic E-state index is 0.0563. The van der Waals surface area contributed by atoms with E-state index in [1.54, 1.807) is 0 Å². The molecule has 114 valence electrons. The third kappa shape index (κ3) is 2.88. The summed E-state index contributed by atoms with van der Waals surface area (Å²) in [5, 5.41) is 0. The molecule has 0 spiro atoms. The Morgan fingerprint density at radius 2 is 1.77 bits per heavy atom. The number of anilines is 1. The van der Waals surface area contributed by atoms with Crippen molar-refractivity contribution in [2.24, 2.45) is 0 Å². The van der Waals surface area contributed by atoms with E-state index in [2.05, 4.69) is 52.0 Å². The van der Waals surface area contributed by atoms with Gasteiger partial charge in [0.25, 0.3) is 0 Å². The Bertz CT molecular complexity index is 615. The molecule has 2 aromatic carbocycles. The number of carbonyl (C=O) groups is 1. The Hall–Kier alpha value is -1.81. The molecular weight excluding hydrogens is 342 g/mol. The topological polar surface area (TPSA) is 29.3 Å². The fourth-order valence-corrected chi connectivity index (χ4v) is 3.01. The van der Waals surface area contributed by atoms with Gasteiger partial charge in [0.05, 0.1) is 12.6 Å². The Labute approximate surface area is 139 Å². The second kappa shape index (κ2) is 6.13. The van der Waals surface area contributed by atoms with Crippen molar-refractivity contribution in [2.45, 2.75) is 25.9 Å². The SMILES string of the molecule is CCOC(=O)[C@H]1[C@@H](c2ccc(C)cc2)N1c1ccc(Br)cc1. The maximum absolute atomic E-state index is 12.2. The molecule has 0 saturated carbocycles. The first-order valence-electron chi connectivity index (χ1n) is 7.39. The normalized spacial score (nSPS) is 19.9. The monoisotopic (exact) mass is 359 g/mol. The lowest BCUT2D eigenvalue weighted by molar-refractivity contribution is -0.142. The van der Waals surface area contributed by atoms with Crippen LogP contribution in [0.15, 0.2) is 53.0 Å². The predicted molar refractivity (Wildman–Crippen MR) is 91.0 cm³/mol. The van der Waals surface area contributed by atoms with E-state index in [0.29, 0.717) is 6.61 Å². The fraction of sp³-hybridized carbons (Fsp3) is 0.278. The minimum Gasteiger partial charge on any atom is -0.464 e. The van der Waals surface area contributed by atoms with Gasteiger partial charge in [-0.15, -0.1) is 0 Å². The van der Waals surface area contributed by atoms with Crippen LogP contribution in [0.25, 0.3) is 0 Å². The Kier molecular flexibility index (Phi) is 4.21. The molecule has 3 rings (SSSR count). The lowest BCUT2D eigenvalue weighted by Gasteiger charge is -2.06. The fourth-order valence-electron chi connectivity index (χ4n) is 2.74. The van der Waals surface area contributed by atoms with Crippen molar-refractivity contribution in [1.82, 2.24) is 0 Å². The molecule has 0 bridgehead atoms. The van der Waals surface area contributed by atoms with E-state index in [1.807, 2.05) is 31.2 Å². The Balaban J connectivity index is 1.90. The minimum atomic E-state index is -0.233. The zero-order valence-electron chi connectivity index (χ0n) is 12.6. The summed E-state index contributed by atoms with van der Waals surface area (Å²) in [7, 11) is 0. The molecule has 0 aliphatic carbocycles. The van der Waals surface area contributed by atoms with Crippen LogP contribution >= 0.6 is 15.9 Å². The number of esters is 1. The zero-order chi connectivity index (χ0) is 15.7. The van der Waals surface area contributed by atoms with Gasteiger partial charge in [0.1, 0.15) is 0 Å². The van der Waals surface area contributed by atoms with Crippen molar-refractivity contribution < 1.29 is 9.53 Å². The molecule has 0 aromatic heterocycles. The third-order valence-corrected chi connectivity index (χ3v) is 4.41. The summed E-state index contributed by atoms with van der Waals surface area (Å²) >= 11 is 3.44. The number of hydrogen-bond acceptors (Lipinski definition) is 3. The van der Waals surface area contributed by atoms with Gasteiger partial charge >= 0.3 is 5.97 Å². The van der Waals surface area contributed by atoms with Crippen LogP contribution in [0.3, 0.4) is 0 Å². The molecule has 2 atom stereocenters. The summed E-state index contributed by atoms with van der Waals surface area (Å²) in [5.74, 6) is -0.156. The number of ether oxygens (including phenoxy) is 1. The predicted octanol–water partition coefficient (Wildman–Crippen LogP) is 4.25. The van der Waals surface area contributed by atoms with Crippen LogP contribution in [0.2, 0.25) is 0 Å². The highest BCUT2D eigenvalue weighted by molar-refractivity contribution is 9.10. The van der Waals surface area contributed by atoms with Crippen molar-refractivity contribution in [3.05, 3.63) is 64.1 Å². The van der Waals surface area contributed by atoms with Gasteiger partial charge in [-0.1, -0.05) is 45.8 Å². The number of carbonyl (C=O) groups excluding carboxylic acids is 1. The number of nitrogens with zero attached hydrogens (tertiary/aromatic N) is 1. The summed E-state index contributed by atoms with van der Waals surface area (Å²) < 4.78 is 6.25. The molecule has 0 unspecified atom stereocenters. The maximum Gasteiger partial charge on any atom is 0.331 e. The van der Waals surface area contributed by atoms with Gasteiger partial charge in [-0.25, -0.2) is 4.79 Å². The van der Waals surface area contributed by atoms with Gasteiger partial charge in [-0.2, -0.15) is 0 Å². The van der Waals surface area contributed by atoms with Crippen molar-refractivity contribution in [3.8, 4) is 0 Å². The molecule has 22 heavy (non-hydrogen) atoms.